The molecule has 2 unspecified atom stereocenters. The van der Waals surface area contributed by atoms with Gasteiger partial charge in [-0.3, -0.25) is 4.79 Å². The minimum Gasteiger partial charge on any atom is -0.480 e. The monoisotopic (exact) mass is 301 g/mol. The van der Waals surface area contributed by atoms with Crippen molar-refractivity contribution in [1.29, 1.82) is 0 Å². The van der Waals surface area contributed by atoms with Crippen LogP contribution < -0.4 is 4.90 Å². The van der Waals surface area contributed by atoms with Gasteiger partial charge in [0.2, 0.25) is 0 Å². The summed E-state index contributed by atoms with van der Waals surface area (Å²) in [5.74, 6) is -0.752. The third kappa shape index (κ3) is 1.94. The summed E-state index contributed by atoms with van der Waals surface area (Å²) in [6, 6.07) is 5.91. The maximum atomic E-state index is 11.1. The molecular formula is C11H12BrNO2S. The Kier molecular flexibility index (Phi) is 3.17. The highest BCUT2D eigenvalue weighted by molar-refractivity contribution is 9.10. The molecular weight excluding hydrogens is 290 g/mol. The summed E-state index contributed by atoms with van der Waals surface area (Å²) in [5, 5.41) is 8.75. The zero-order chi connectivity index (χ0) is 11.9. The van der Waals surface area contributed by atoms with Crippen LogP contribution in [-0.4, -0.2) is 29.4 Å². The first-order chi connectivity index (χ1) is 7.50. The van der Waals surface area contributed by atoms with Crippen molar-refractivity contribution in [1.82, 2.24) is 0 Å². The van der Waals surface area contributed by atoms with Crippen molar-refractivity contribution in [3.05, 3.63) is 22.7 Å². The lowest BCUT2D eigenvalue weighted by molar-refractivity contribution is -0.136. The summed E-state index contributed by atoms with van der Waals surface area (Å²) in [5.41, 5.74) is 1.09. The average Bonchev–Trinajstić information content (AvgIpc) is 2.23. The van der Waals surface area contributed by atoms with Gasteiger partial charge in [-0.2, -0.15) is 0 Å². The Hall–Kier alpha value is -0.680. The van der Waals surface area contributed by atoms with Crippen LogP contribution in [0.5, 0.6) is 0 Å². The highest BCUT2D eigenvalue weighted by Gasteiger charge is 2.34. The summed E-state index contributed by atoms with van der Waals surface area (Å²) in [4.78, 5) is 14.2. The number of nitrogens with zero attached hydrogens (tertiary/aromatic N) is 1. The van der Waals surface area contributed by atoms with E-state index in [0.29, 0.717) is 0 Å². The zero-order valence-corrected chi connectivity index (χ0v) is 11.4. The van der Waals surface area contributed by atoms with Gasteiger partial charge in [0.25, 0.3) is 0 Å². The van der Waals surface area contributed by atoms with Crippen LogP contribution in [0.1, 0.15) is 6.92 Å². The van der Waals surface area contributed by atoms with E-state index in [4.69, 9.17) is 5.11 Å². The van der Waals surface area contributed by atoms with Crippen LogP contribution in [0.25, 0.3) is 0 Å². The topological polar surface area (TPSA) is 40.5 Å². The van der Waals surface area contributed by atoms with Gasteiger partial charge >= 0.3 is 5.97 Å². The lowest BCUT2D eigenvalue weighted by Crippen LogP contribution is -2.44. The van der Waals surface area contributed by atoms with E-state index in [0.717, 1.165) is 15.1 Å². The van der Waals surface area contributed by atoms with Crippen molar-refractivity contribution in [2.24, 2.45) is 0 Å². The largest absolute Gasteiger partial charge is 0.480 e. The Balaban J connectivity index is 2.44. The van der Waals surface area contributed by atoms with E-state index >= 15 is 0 Å². The van der Waals surface area contributed by atoms with E-state index < -0.39 is 11.2 Å². The van der Waals surface area contributed by atoms with Crippen LogP contribution in [0.15, 0.2) is 27.6 Å². The molecule has 0 spiro atoms. The van der Waals surface area contributed by atoms with Crippen molar-refractivity contribution in [2.45, 2.75) is 23.1 Å². The van der Waals surface area contributed by atoms with Crippen LogP contribution in [-0.2, 0) is 4.79 Å². The standard InChI is InChI=1S/C11H12BrNO2S/c1-6-10(11(14)15)16-9-4-3-7(12)5-8(9)13(6)2/h3-6,10H,1-2H3,(H,14,15). The quantitative estimate of drug-likeness (QED) is 0.866. The van der Waals surface area contributed by atoms with Crippen LogP contribution in [0.2, 0.25) is 0 Å². The minimum atomic E-state index is -0.752. The highest BCUT2D eigenvalue weighted by atomic mass is 79.9. The molecule has 0 radical (unpaired) electrons. The number of aliphatic carboxylic acids is 1. The maximum absolute atomic E-state index is 11.1. The van der Waals surface area contributed by atoms with Gasteiger partial charge in [0.05, 0.1) is 5.69 Å². The van der Waals surface area contributed by atoms with Crippen molar-refractivity contribution < 1.29 is 9.90 Å². The Morgan fingerprint density at radius 2 is 2.25 bits per heavy atom. The van der Waals surface area contributed by atoms with Crippen molar-refractivity contribution in [2.75, 3.05) is 11.9 Å². The van der Waals surface area contributed by atoms with E-state index in [9.17, 15) is 4.79 Å². The van der Waals surface area contributed by atoms with Gasteiger partial charge in [0, 0.05) is 22.5 Å². The van der Waals surface area contributed by atoms with E-state index in [-0.39, 0.29) is 6.04 Å². The number of halogens is 1. The fourth-order valence-electron chi connectivity index (χ4n) is 1.78. The molecule has 0 saturated carbocycles. The SMILES string of the molecule is CC1C(C(=O)O)Sc2ccc(Br)cc2N1C. The van der Waals surface area contributed by atoms with Gasteiger partial charge in [0.1, 0.15) is 5.25 Å². The highest BCUT2D eigenvalue weighted by Crippen LogP contribution is 2.42. The summed E-state index contributed by atoms with van der Waals surface area (Å²) in [6.45, 7) is 1.94. The number of benzene rings is 1. The van der Waals surface area contributed by atoms with Gasteiger partial charge in [-0.05, 0) is 25.1 Å². The first-order valence-corrected chi connectivity index (χ1v) is 6.60. The van der Waals surface area contributed by atoms with Crippen LogP contribution >= 0.6 is 27.7 Å². The lowest BCUT2D eigenvalue weighted by Gasteiger charge is -2.37. The molecule has 1 heterocycles. The second kappa shape index (κ2) is 4.30. The summed E-state index contributed by atoms with van der Waals surface area (Å²) in [7, 11) is 1.94. The third-order valence-corrected chi connectivity index (χ3v) is 4.79. The molecule has 86 valence electrons. The Bertz CT molecular complexity index is 438. The number of carboxylic acids is 1. The third-order valence-electron chi connectivity index (χ3n) is 2.85. The first kappa shape index (κ1) is 11.8. The van der Waals surface area contributed by atoms with Gasteiger partial charge < -0.3 is 10.0 Å². The molecule has 2 rings (SSSR count). The number of thioether (sulfide) groups is 1. The molecule has 0 bridgehead atoms. The Morgan fingerprint density at radius 1 is 1.56 bits per heavy atom. The Morgan fingerprint density at radius 3 is 2.88 bits per heavy atom. The average molecular weight is 302 g/mol. The van der Waals surface area contributed by atoms with Gasteiger partial charge in [-0.1, -0.05) is 15.9 Å². The molecule has 0 aromatic heterocycles. The summed E-state index contributed by atoms with van der Waals surface area (Å²) < 4.78 is 1.01. The molecule has 2 atom stereocenters. The normalized spacial score (nSPS) is 24.1. The van der Waals surface area contributed by atoms with Crippen LogP contribution in [0.4, 0.5) is 5.69 Å². The van der Waals surface area contributed by atoms with E-state index in [1.807, 2.05) is 37.1 Å². The molecule has 0 fully saturated rings. The van der Waals surface area contributed by atoms with Crippen LogP contribution in [0, 0.1) is 0 Å². The number of hydrogen-bond donors (Lipinski definition) is 1. The number of hydrogen-bond acceptors (Lipinski definition) is 3. The lowest BCUT2D eigenvalue weighted by atomic mass is 10.1. The second-order valence-electron chi connectivity index (χ2n) is 3.84. The predicted octanol–water partition coefficient (Wildman–Crippen LogP) is 2.83. The van der Waals surface area contributed by atoms with Gasteiger partial charge in [-0.25, -0.2) is 0 Å². The number of anilines is 1. The number of fused-ring (bicyclic) bond motifs is 1. The second-order valence-corrected chi connectivity index (χ2v) is 5.94. The first-order valence-electron chi connectivity index (χ1n) is 4.92. The molecule has 0 aliphatic carbocycles. The summed E-state index contributed by atoms with van der Waals surface area (Å²) in [6.07, 6.45) is 0. The summed E-state index contributed by atoms with van der Waals surface area (Å²) >= 11 is 4.85. The molecule has 0 amide bonds. The zero-order valence-electron chi connectivity index (χ0n) is 8.98. The van der Waals surface area contributed by atoms with E-state index in [2.05, 4.69) is 15.9 Å². The van der Waals surface area contributed by atoms with Crippen molar-refractivity contribution in [3.63, 3.8) is 0 Å². The number of rotatable bonds is 1. The number of carboxylic acid groups (broad SMARTS) is 1. The van der Waals surface area contributed by atoms with Crippen molar-refractivity contribution in [3.8, 4) is 0 Å². The van der Waals surface area contributed by atoms with E-state index in [1.165, 1.54) is 11.8 Å². The molecule has 1 aromatic carbocycles. The maximum Gasteiger partial charge on any atom is 0.319 e. The molecule has 5 heteroatoms. The molecule has 1 aliphatic rings. The fraction of sp³-hybridized carbons (Fsp3) is 0.364. The van der Waals surface area contributed by atoms with Crippen LogP contribution in [0.3, 0.4) is 0 Å². The molecule has 1 N–H and O–H groups in total. The molecule has 3 nitrogen and oxygen atoms in total. The molecule has 1 aliphatic heterocycles. The number of carbonyl (C=O) groups is 1. The van der Waals surface area contributed by atoms with Gasteiger partial charge in [-0.15, -0.1) is 11.8 Å². The molecule has 16 heavy (non-hydrogen) atoms. The minimum absolute atomic E-state index is 0.00991. The Labute approximate surface area is 107 Å². The smallest absolute Gasteiger partial charge is 0.319 e. The fourth-order valence-corrected chi connectivity index (χ4v) is 3.35. The van der Waals surface area contributed by atoms with Gasteiger partial charge in [0.15, 0.2) is 0 Å². The predicted molar refractivity (Wildman–Crippen MR) is 69.3 cm³/mol. The van der Waals surface area contributed by atoms with Crippen molar-refractivity contribution >= 4 is 39.3 Å². The molecule has 1 aromatic rings. The molecule has 0 saturated heterocycles. The van der Waals surface area contributed by atoms with E-state index in [1.54, 1.807) is 0 Å².